The van der Waals surface area contributed by atoms with Crippen LogP contribution in [0.1, 0.15) is 33.1 Å². The molecule has 0 spiro atoms. The number of piperidine rings is 1. The van der Waals surface area contributed by atoms with Gasteiger partial charge in [-0.2, -0.15) is 0 Å². The van der Waals surface area contributed by atoms with Crippen molar-refractivity contribution < 1.29 is 17.9 Å². The Morgan fingerprint density at radius 3 is 2.50 bits per heavy atom. The maximum atomic E-state index is 12.1. The molecular formula is C16H33N5O4S. The molecule has 26 heavy (non-hydrogen) atoms. The van der Waals surface area contributed by atoms with Crippen molar-refractivity contribution in [2.75, 3.05) is 52.2 Å². The summed E-state index contributed by atoms with van der Waals surface area (Å²) in [5, 5.41) is 9.13. The molecule has 152 valence electrons. The minimum absolute atomic E-state index is 0.0305. The summed E-state index contributed by atoms with van der Waals surface area (Å²) in [6.45, 7) is 6.48. The molecule has 0 saturated carbocycles. The molecule has 1 aliphatic heterocycles. The maximum Gasteiger partial charge on any atom is 0.241 e. The Labute approximate surface area is 157 Å². The van der Waals surface area contributed by atoms with Gasteiger partial charge in [-0.05, 0) is 26.2 Å². The van der Waals surface area contributed by atoms with E-state index in [0.29, 0.717) is 58.0 Å². The number of aliphatic imine (C=N–C) groups is 1. The van der Waals surface area contributed by atoms with Crippen LogP contribution in [0, 0.1) is 0 Å². The lowest BCUT2D eigenvalue weighted by molar-refractivity contribution is -0.119. The predicted octanol–water partition coefficient (Wildman–Crippen LogP) is -0.492. The molecule has 0 aliphatic carbocycles. The van der Waals surface area contributed by atoms with Gasteiger partial charge in [0.15, 0.2) is 5.96 Å². The summed E-state index contributed by atoms with van der Waals surface area (Å²) in [6.07, 6.45) is 2.06. The highest BCUT2D eigenvalue weighted by Gasteiger charge is 2.27. The lowest BCUT2D eigenvalue weighted by Crippen LogP contribution is -2.50. The molecule has 9 nitrogen and oxygen atoms in total. The summed E-state index contributed by atoms with van der Waals surface area (Å²) in [7, 11) is -1.55. The number of nitrogens with one attached hydrogen (secondary N) is 3. The predicted molar refractivity (Wildman–Crippen MR) is 103 cm³/mol. The molecule has 1 heterocycles. The summed E-state index contributed by atoms with van der Waals surface area (Å²) < 4.78 is 30.7. The number of amides is 1. The number of methoxy groups -OCH3 is 1. The fourth-order valence-electron chi connectivity index (χ4n) is 2.68. The minimum atomic E-state index is -3.13. The Hall–Kier alpha value is -1.39. The summed E-state index contributed by atoms with van der Waals surface area (Å²) in [5.41, 5.74) is 0. The van der Waals surface area contributed by atoms with Crippen LogP contribution in [0.4, 0.5) is 0 Å². The van der Waals surface area contributed by atoms with Crippen molar-refractivity contribution in [1.82, 2.24) is 20.3 Å². The lowest BCUT2D eigenvalue weighted by atomic mass is 10.1. The van der Waals surface area contributed by atoms with E-state index in [1.807, 2.05) is 13.8 Å². The highest BCUT2D eigenvalue weighted by Crippen LogP contribution is 2.15. The maximum absolute atomic E-state index is 12.1. The van der Waals surface area contributed by atoms with E-state index in [-0.39, 0.29) is 24.2 Å². The Morgan fingerprint density at radius 2 is 1.92 bits per heavy atom. The Balaban J connectivity index is 2.48. The first-order valence-electron chi connectivity index (χ1n) is 9.21. The highest BCUT2D eigenvalue weighted by molar-refractivity contribution is 7.89. The topological polar surface area (TPSA) is 112 Å². The van der Waals surface area contributed by atoms with E-state index in [1.165, 1.54) is 0 Å². The molecule has 10 heteroatoms. The van der Waals surface area contributed by atoms with Crippen LogP contribution in [-0.2, 0) is 19.6 Å². The van der Waals surface area contributed by atoms with Gasteiger partial charge in [0.1, 0.15) is 6.54 Å². The molecule has 1 aliphatic rings. The average Bonchev–Trinajstić information content (AvgIpc) is 2.60. The van der Waals surface area contributed by atoms with Crippen molar-refractivity contribution in [2.45, 2.75) is 39.2 Å². The van der Waals surface area contributed by atoms with Gasteiger partial charge < -0.3 is 20.7 Å². The van der Waals surface area contributed by atoms with Crippen molar-refractivity contribution in [3.05, 3.63) is 0 Å². The zero-order chi connectivity index (χ0) is 19.4. The monoisotopic (exact) mass is 391 g/mol. The van der Waals surface area contributed by atoms with E-state index >= 15 is 0 Å². The van der Waals surface area contributed by atoms with Crippen molar-refractivity contribution >= 4 is 21.9 Å². The fourth-order valence-corrected chi connectivity index (χ4v) is 4.22. The zero-order valence-corrected chi connectivity index (χ0v) is 16.9. The van der Waals surface area contributed by atoms with Gasteiger partial charge in [0.2, 0.25) is 15.9 Å². The normalized spacial score (nSPS) is 17.1. The number of rotatable bonds is 10. The summed E-state index contributed by atoms with van der Waals surface area (Å²) in [4.78, 5) is 16.0. The molecular weight excluding hydrogens is 358 g/mol. The zero-order valence-electron chi connectivity index (χ0n) is 16.1. The number of nitrogens with zero attached hydrogens (tertiary/aromatic N) is 2. The number of carbonyl (C=O) groups is 1. The summed E-state index contributed by atoms with van der Waals surface area (Å²) in [5.74, 6) is 0.608. The first kappa shape index (κ1) is 22.7. The van der Waals surface area contributed by atoms with Gasteiger partial charge in [-0.25, -0.2) is 17.7 Å². The third kappa shape index (κ3) is 8.33. The largest absolute Gasteiger partial charge is 0.383 e. The van der Waals surface area contributed by atoms with Gasteiger partial charge in [0.25, 0.3) is 0 Å². The quantitative estimate of drug-likeness (QED) is 0.263. The first-order valence-corrected chi connectivity index (χ1v) is 10.8. The number of hydrogen-bond acceptors (Lipinski definition) is 5. The number of guanidine groups is 1. The van der Waals surface area contributed by atoms with Crippen LogP contribution in [0.25, 0.3) is 0 Å². The Bertz CT molecular complexity index is 545. The second-order valence-electron chi connectivity index (χ2n) is 6.17. The minimum Gasteiger partial charge on any atom is -0.383 e. The summed E-state index contributed by atoms with van der Waals surface area (Å²) >= 11 is 0. The highest BCUT2D eigenvalue weighted by atomic mass is 32.2. The lowest BCUT2D eigenvalue weighted by Gasteiger charge is -2.32. The van der Waals surface area contributed by atoms with Crippen molar-refractivity contribution in [1.29, 1.82) is 0 Å². The van der Waals surface area contributed by atoms with Gasteiger partial charge in [0.05, 0.1) is 12.4 Å². The molecule has 0 unspecified atom stereocenters. The molecule has 0 aromatic carbocycles. The van der Waals surface area contributed by atoms with Crippen LogP contribution in [0.15, 0.2) is 4.99 Å². The Kier molecular flexibility index (Phi) is 10.5. The van der Waals surface area contributed by atoms with E-state index in [0.717, 1.165) is 0 Å². The second-order valence-corrected chi connectivity index (χ2v) is 8.26. The molecule has 0 aromatic rings. The van der Waals surface area contributed by atoms with E-state index in [4.69, 9.17) is 4.74 Å². The SMILES string of the molecule is CCCS(=O)(=O)N1CCC(NC(=NCC(=O)NCCOC)NCC)CC1. The molecule has 1 fully saturated rings. The number of ether oxygens (including phenoxy) is 1. The molecule has 0 radical (unpaired) electrons. The Morgan fingerprint density at radius 1 is 1.23 bits per heavy atom. The van der Waals surface area contributed by atoms with Crippen LogP contribution in [-0.4, -0.2) is 82.8 Å². The molecule has 1 rings (SSSR count). The first-order chi connectivity index (χ1) is 12.4. The van der Waals surface area contributed by atoms with Gasteiger partial charge in [-0.15, -0.1) is 0 Å². The molecule has 0 atom stereocenters. The van der Waals surface area contributed by atoms with Crippen LogP contribution in [0.2, 0.25) is 0 Å². The van der Waals surface area contributed by atoms with Crippen molar-refractivity contribution in [3.8, 4) is 0 Å². The van der Waals surface area contributed by atoms with Gasteiger partial charge in [0, 0.05) is 39.3 Å². The third-order valence-corrected chi connectivity index (χ3v) is 6.08. The number of hydrogen-bond donors (Lipinski definition) is 3. The molecule has 3 N–H and O–H groups in total. The molecule has 1 saturated heterocycles. The van der Waals surface area contributed by atoms with Gasteiger partial charge in [-0.1, -0.05) is 6.92 Å². The van der Waals surface area contributed by atoms with E-state index in [2.05, 4.69) is 20.9 Å². The van der Waals surface area contributed by atoms with Crippen LogP contribution < -0.4 is 16.0 Å². The van der Waals surface area contributed by atoms with E-state index < -0.39 is 10.0 Å². The molecule has 0 bridgehead atoms. The van der Waals surface area contributed by atoms with E-state index in [9.17, 15) is 13.2 Å². The number of sulfonamides is 1. The van der Waals surface area contributed by atoms with Gasteiger partial charge >= 0.3 is 0 Å². The summed E-state index contributed by atoms with van der Waals surface area (Å²) in [6, 6.07) is 0.137. The van der Waals surface area contributed by atoms with Crippen LogP contribution >= 0.6 is 0 Å². The van der Waals surface area contributed by atoms with Crippen LogP contribution in [0.5, 0.6) is 0 Å². The number of carbonyl (C=O) groups excluding carboxylic acids is 1. The van der Waals surface area contributed by atoms with Crippen molar-refractivity contribution in [2.24, 2.45) is 4.99 Å². The molecule has 0 aromatic heterocycles. The van der Waals surface area contributed by atoms with E-state index in [1.54, 1.807) is 11.4 Å². The van der Waals surface area contributed by atoms with Crippen LogP contribution in [0.3, 0.4) is 0 Å². The smallest absolute Gasteiger partial charge is 0.241 e. The standard InChI is InChI=1S/C16H33N5O4S/c1-4-12-26(23,24)21-9-6-14(7-10-21)20-16(17-5-2)19-13-15(22)18-8-11-25-3/h14H,4-13H2,1-3H3,(H,18,22)(H2,17,19,20). The third-order valence-electron chi connectivity index (χ3n) is 4.00. The second kappa shape index (κ2) is 12.1. The van der Waals surface area contributed by atoms with Gasteiger partial charge in [-0.3, -0.25) is 4.79 Å². The molecule has 1 amide bonds. The van der Waals surface area contributed by atoms with Crippen molar-refractivity contribution in [3.63, 3.8) is 0 Å². The average molecular weight is 392 g/mol. The fraction of sp³-hybridized carbons (Fsp3) is 0.875.